The van der Waals surface area contributed by atoms with Crippen LogP contribution in [-0.2, 0) is 14.4 Å². The first-order chi connectivity index (χ1) is 5.95. The third-order valence-corrected chi connectivity index (χ3v) is 0.981. The molecule has 0 saturated carbocycles. The Labute approximate surface area is 73.0 Å². The van der Waals surface area contributed by atoms with Crippen molar-refractivity contribution in [2.45, 2.75) is 0 Å². The van der Waals surface area contributed by atoms with Crippen molar-refractivity contribution in [3.8, 4) is 0 Å². The lowest BCUT2D eigenvalue weighted by atomic mass is 10.3. The van der Waals surface area contributed by atoms with Crippen molar-refractivity contribution in [1.82, 2.24) is 0 Å². The lowest BCUT2D eigenvalue weighted by molar-refractivity contribution is -0.146. The largest absolute Gasteiger partial charge is 0.477 e. The molecule has 70 valence electrons. The zero-order valence-corrected chi connectivity index (χ0v) is 6.43. The molecular formula is C7H7NO5. The molecule has 0 saturated heterocycles. The normalized spacial score (nSPS) is 11.5. The van der Waals surface area contributed by atoms with E-state index < -0.39 is 23.4 Å². The fourth-order valence-corrected chi connectivity index (χ4v) is 0.382. The summed E-state index contributed by atoms with van der Waals surface area (Å²) in [5.41, 5.74) is 4.45. The van der Waals surface area contributed by atoms with Crippen LogP contribution < -0.4 is 5.73 Å². The maximum atomic E-state index is 10.4. The molecule has 0 aromatic heterocycles. The number of carbonyl (C=O) groups is 3. The highest BCUT2D eigenvalue weighted by atomic mass is 16.4. The lowest BCUT2D eigenvalue weighted by Crippen LogP contribution is -2.10. The minimum absolute atomic E-state index is 0.477. The molecule has 0 spiro atoms. The average Bonchev–Trinajstić information content (AvgIpc) is 2.03. The van der Waals surface area contributed by atoms with Crippen LogP contribution in [0.3, 0.4) is 0 Å². The summed E-state index contributed by atoms with van der Waals surface area (Å²) in [7, 11) is 0. The molecule has 0 aromatic carbocycles. The van der Waals surface area contributed by atoms with Crippen LogP contribution in [0.25, 0.3) is 0 Å². The molecule has 0 aromatic rings. The summed E-state index contributed by atoms with van der Waals surface area (Å²) in [5.74, 6) is -4.10. The predicted octanol–water partition coefficient (Wildman–Crippen LogP) is -0.877. The van der Waals surface area contributed by atoms with Gasteiger partial charge in [-0.15, -0.1) is 0 Å². The van der Waals surface area contributed by atoms with Gasteiger partial charge in [-0.2, -0.15) is 0 Å². The molecule has 0 rings (SSSR count). The Hall–Kier alpha value is -2.11. The number of hydrogen-bond donors (Lipinski definition) is 3. The molecule has 0 aliphatic rings. The van der Waals surface area contributed by atoms with Gasteiger partial charge in [-0.25, -0.2) is 9.59 Å². The fourth-order valence-electron chi connectivity index (χ4n) is 0.382. The van der Waals surface area contributed by atoms with Crippen molar-refractivity contribution in [2.24, 2.45) is 5.73 Å². The van der Waals surface area contributed by atoms with Crippen molar-refractivity contribution in [3.63, 3.8) is 0 Å². The van der Waals surface area contributed by atoms with Gasteiger partial charge in [0.1, 0.15) is 5.70 Å². The average molecular weight is 185 g/mol. The van der Waals surface area contributed by atoms with Crippen LogP contribution in [0.5, 0.6) is 0 Å². The van der Waals surface area contributed by atoms with E-state index >= 15 is 0 Å². The van der Waals surface area contributed by atoms with Gasteiger partial charge in [-0.1, -0.05) is 6.08 Å². The van der Waals surface area contributed by atoms with Gasteiger partial charge >= 0.3 is 11.9 Å². The van der Waals surface area contributed by atoms with E-state index in [1.165, 1.54) is 0 Å². The molecule has 0 radical (unpaired) electrons. The minimum Gasteiger partial charge on any atom is -0.477 e. The van der Waals surface area contributed by atoms with E-state index in [0.717, 1.165) is 12.2 Å². The van der Waals surface area contributed by atoms with Crippen molar-refractivity contribution in [2.75, 3.05) is 0 Å². The van der Waals surface area contributed by atoms with Crippen LogP contribution in [0.1, 0.15) is 0 Å². The highest BCUT2D eigenvalue weighted by molar-refractivity contribution is 6.37. The van der Waals surface area contributed by atoms with Crippen molar-refractivity contribution in [3.05, 3.63) is 23.9 Å². The molecule has 0 bridgehead atoms. The van der Waals surface area contributed by atoms with Gasteiger partial charge < -0.3 is 15.9 Å². The minimum atomic E-state index is -1.61. The number of allylic oxidation sites excluding steroid dienone is 2. The highest BCUT2D eigenvalue weighted by Crippen LogP contribution is 1.86. The number of carbonyl (C=O) groups excluding carboxylic acids is 1. The highest BCUT2D eigenvalue weighted by Gasteiger charge is 2.05. The molecule has 13 heavy (non-hydrogen) atoms. The molecule has 0 atom stereocenters. The van der Waals surface area contributed by atoms with E-state index in [9.17, 15) is 14.4 Å². The van der Waals surface area contributed by atoms with Crippen LogP contribution in [0.4, 0.5) is 0 Å². The summed E-state index contributed by atoms with van der Waals surface area (Å²) in [6, 6.07) is 0. The quantitative estimate of drug-likeness (QED) is 0.297. The number of carboxylic acids is 2. The van der Waals surface area contributed by atoms with E-state index in [0.29, 0.717) is 6.08 Å². The lowest BCUT2D eigenvalue weighted by Gasteiger charge is -1.87. The number of carboxylic acid groups (broad SMARTS) is 2. The first kappa shape index (κ1) is 10.9. The van der Waals surface area contributed by atoms with Gasteiger partial charge in [0, 0.05) is 0 Å². The Bertz CT molecular complexity index is 302. The third-order valence-electron chi connectivity index (χ3n) is 0.981. The molecule has 6 nitrogen and oxygen atoms in total. The van der Waals surface area contributed by atoms with Crippen LogP contribution in [0, 0.1) is 0 Å². The first-order valence-electron chi connectivity index (χ1n) is 3.09. The number of aliphatic carboxylic acids is 2. The Kier molecular flexibility index (Phi) is 3.94. The maximum Gasteiger partial charge on any atom is 0.376 e. The summed E-state index contributed by atoms with van der Waals surface area (Å²) < 4.78 is 0. The maximum absolute atomic E-state index is 10.4. The van der Waals surface area contributed by atoms with E-state index in [2.05, 4.69) is 0 Å². The van der Waals surface area contributed by atoms with Crippen LogP contribution in [-0.4, -0.2) is 27.9 Å². The van der Waals surface area contributed by atoms with E-state index in [-0.39, 0.29) is 0 Å². The van der Waals surface area contributed by atoms with Crippen molar-refractivity contribution in [1.29, 1.82) is 0 Å². The molecule has 6 heteroatoms. The number of hydrogen-bond acceptors (Lipinski definition) is 4. The van der Waals surface area contributed by atoms with Gasteiger partial charge in [-0.05, 0) is 12.2 Å². The number of ketones is 1. The Morgan fingerprint density at radius 2 is 1.62 bits per heavy atom. The van der Waals surface area contributed by atoms with Gasteiger partial charge in [0.15, 0.2) is 0 Å². The second kappa shape index (κ2) is 4.70. The van der Waals surface area contributed by atoms with Crippen LogP contribution in [0.2, 0.25) is 0 Å². The summed E-state index contributed by atoms with van der Waals surface area (Å²) in [5, 5.41) is 16.3. The molecule has 0 unspecified atom stereocenters. The zero-order chi connectivity index (χ0) is 10.4. The molecule has 0 amide bonds. The zero-order valence-electron chi connectivity index (χ0n) is 6.43. The van der Waals surface area contributed by atoms with Crippen LogP contribution in [0.15, 0.2) is 23.9 Å². The smallest absolute Gasteiger partial charge is 0.376 e. The molecule has 0 aliphatic heterocycles. The van der Waals surface area contributed by atoms with Gasteiger partial charge in [0.2, 0.25) is 0 Å². The van der Waals surface area contributed by atoms with Gasteiger partial charge in [0.25, 0.3) is 5.78 Å². The Morgan fingerprint density at radius 1 is 1.08 bits per heavy atom. The SMILES string of the molecule is N/C(=C/C=C\C(=O)C(=O)O)C(=O)O. The van der Waals surface area contributed by atoms with E-state index in [1.807, 2.05) is 0 Å². The second-order valence-electron chi connectivity index (χ2n) is 1.96. The summed E-state index contributed by atoms with van der Waals surface area (Å²) in [6.45, 7) is 0. The number of nitrogens with two attached hydrogens (primary N) is 1. The third kappa shape index (κ3) is 4.35. The van der Waals surface area contributed by atoms with E-state index in [4.69, 9.17) is 15.9 Å². The van der Waals surface area contributed by atoms with E-state index in [1.54, 1.807) is 0 Å². The molecule has 4 N–H and O–H groups in total. The molecule has 0 fully saturated rings. The second-order valence-corrected chi connectivity index (χ2v) is 1.96. The predicted molar refractivity (Wildman–Crippen MR) is 41.7 cm³/mol. The monoisotopic (exact) mass is 185 g/mol. The fraction of sp³-hybridized carbons (Fsp3) is 0. The first-order valence-corrected chi connectivity index (χ1v) is 3.09. The number of rotatable bonds is 4. The van der Waals surface area contributed by atoms with Crippen molar-refractivity contribution < 1.29 is 24.6 Å². The van der Waals surface area contributed by atoms with Crippen molar-refractivity contribution >= 4 is 17.7 Å². The Balaban J connectivity index is 4.31. The standard InChI is InChI=1S/C7H7NO5/c8-4(6(10)11)2-1-3-5(9)7(12)13/h1-3H,8H2,(H,10,11)(H,12,13)/b3-1-,4-2+. The topological polar surface area (TPSA) is 118 Å². The molecule has 0 heterocycles. The van der Waals surface area contributed by atoms with Gasteiger partial charge in [0.05, 0.1) is 0 Å². The Morgan fingerprint density at radius 3 is 2.00 bits per heavy atom. The summed E-state index contributed by atoms with van der Waals surface area (Å²) >= 11 is 0. The summed E-state index contributed by atoms with van der Waals surface area (Å²) in [6.07, 6.45) is 2.58. The summed E-state index contributed by atoms with van der Waals surface area (Å²) in [4.78, 5) is 30.4. The van der Waals surface area contributed by atoms with Gasteiger partial charge in [-0.3, -0.25) is 4.79 Å². The molecule has 0 aliphatic carbocycles. The van der Waals surface area contributed by atoms with Crippen LogP contribution >= 0.6 is 0 Å². The molecular weight excluding hydrogens is 178 g/mol.